The van der Waals surface area contributed by atoms with Crippen molar-refractivity contribution in [2.24, 2.45) is 22.9 Å². The number of oxime groups is 1. The van der Waals surface area contributed by atoms with Crippen molar-refractivity contribution in [3.63, 3.8) is 0 Å². The monoisotopic (exact) mass is 900 g/mol. The van der Waals surface area contributed by atoms with E-state index in [1.54, 1.807) is 17.1 Å². The van der Waals surface area contributed by atoms with Gasteiger partial charge in [-0.05, 0) is 129 Å². The topological polar surface area (TPSA) is 138 Å². The lowest BCUT2D eigenvalue weighted by Gasteiger charge is -2.60. The lowest BCUT2D eigenvalue weighted by atomic mass is 9.55. The molecule has 2 heterocycles. The molecule has 4 aromatic carbocycles. The molecule has 4 aromatic rings. The normalized spacial score (nSPS) is 23.3. The van der Waals surface area contributed by atoms with Gasteiger partial charge in [0.2, 0.25) is 12.6 Å². The highest BCUT2D eigenvalue weighted by Crippen LogP contribution is 2.62. The minimum absolute atomic E-state index is 0.0275. The second kappa shape index (κ2) is 20.8. The van der Waals surface area contributed by atoms with Crippen LogP contribution in [-0.4, -0.2) is 77.6 Å². The predicted octanol–water partition coefficient (Wildman–Crippen LogP) is 11.0. The number of hydrogen-bond acceptors (Lipinski definition) is 11. The SMILES string of the molecule is C=CCCOC(=O)N(Cc1ccc2c(c1)OCO2)[C@H]1CC(=NOC(C)(C)C)C2=C[C@H](CCCCO)[C@@H](CCCCO)[C@@H]3c4cc(Oc5ccc6ccccc6c5)ccc4O[C@@]1(OCC=C)[C@H]23. The van der Waals surface area contributed by atoms with E-state index in [4.69, 9.17) is 38.4 Å². The lowest BCUT2D eigenvalue weighted by molar-refractivity contribution is -0.256. The molecule has 2 N–H and O–H groups in total. The molecule has 0 radical (unpaired) electrons. The number of ether oxygens (including phenoxy) is 6. The van der Waals surface area contributed by atoms with E-state index in [-0.39, 0.29) is 63.9 Å². The minimum atomic E-state index is -1.49. The van der Waals surface area contributed by atoms with Gasteiger partial charge in [-0.3, -0.25) is 4.90 Å². The van der Waals surface area contributed by atoms with E-state index in [0.29, 0.717) is 53.7 Å². The van der Waals surface area contributed by atoms with Crippen LogP contribution in [0.5, 0.6) is 28.7 Å². The number of aliphatic hydroxyl groups excluding tert-OH is 2. The molecule has 6 atom stereocenters. The molecule has 0 spiro atoms. The number of carbonyl (C=O) groups excluding carboxylic acids is 1. The molecule has 0 saturated heterocycles. The van der Waals surface area contributed by atoms with Crippen molar-refractivity contribution in [3.8, 4) is 28.7 Å². The number of carbonyl (C=O) groups is 1. The maximum absolute atomic E-state index is 14.8. The first kappa shape index (κ1) is 46.7. The van der Waals surface area contributed by atoms with Crippen molar-refractivity contribution < 1.29 is 48.3 Å². The van der Waals surface area contributed by atoms with Crippen molar-refractivity contribution in [2.75, 3.05) is 33.2 Å². The van der Waals surface area contributed by atoms with Crippen molar-refractivity contribution in [1.82, 2.24) is 4.90 Å². The third-order valence-electron chi connectivity index (χ3n) is 13.0. The highest BCUT2D eigenvalue weighted by atomic mass is 16.7. The van der Waals surface area contributed by atoms with E-state index in [2.05, 4.69) is 43.5 Å². The van der Waals surface area contributed by atoms with E-state index in [1.807, 2.05) is 75.4 Å². The van der Waals surface area contributed by atoms with Crippen LogP contribution in [0.1, 0.15) is 89.2 Å². The molecule has 0 unspecified atom stereocenters. The summed E-state index contributed by atoms with van der Waals surface area (Å²) in [6.07, 6.45) is 10.4. The van der Waals surface area contributed by atoms with Crippen LogP contribution in [0.2, 0.25) is 0 Å². The fraction of sp³-hybridized carbons (Fsp3) is 0.444. The van der Waals surface area contributed by atoms with Gasteiger partial charge in [0.15, 0.2) is 11.5 Å². The van der Waals surface area contributed by atoms with Crippen molar-refractivity contribution in [3.05, 3.63) is 127 Å². The van der Waals surface area contributed by atoms with Crippen LogP contribution in [0.3, 0.4) is 0 Å². The molecule has 2 aliphatic carbocycles. The molecule has 350 valence electrons. The smallest absolute Gasteiger partial charge is 0.410 e. The third kappa shape index (κ3) is 10.1. The van der Waals surface area contributed by atoms with Gasteiger partial charge < -0.3 is 43.5 Å². The zero-order valence-corrected chi connectivity index (χ0v) is 38.5. The summed E-state index contributed by atoms with van der Waals surface area (Å²) in [7, 11) is 0. The number of hydrogen-bond donors (Lipinski definition) is 2. The molecule has 1 fully saturated rings. The lowest BCUT2D eigenvalue weighted by Crippen LogP contribution is -2.70. The van der Waals surface area contributed by atoms with Gasteiger partial charge in [-0.2, -0.15) is 0 Å². The van der Waals surface area contributed by atoms with E-state index in [1.165, 1.54) is 0 Å². The molecule has 12 nitrogen and oxygen atoms in total. The number of unbranched alkanes of at least 4 members (excludes halogenated alkanes) is 2. The van der Waals surface area contributed by atoms with Crippen LogP contribution in [0.4, 0.5) is 4.79 Å². The average Bonchev–Trinajstić information content (AvgIpc) is 3.79. The number of amides is 1. The Labute approximate surface area is 388 Å². The molecule has 0 aromatic heterocycles. The maximum Gasteiger partial charge on any atom is 0.410 e. The van der Waals surface area contributed by atoms with Crippen LogP contribution < -0.4 is 18.9 Å². The van der Waals surface area contributed by atoms with Crippen LogP contribution >= 0.6 is 0 Å². The highest BCUT2D eigenvalue weighted by molar-refractivity contribution is 6.03. The molecule has 4 aliphatic rings. The van der Waals surface area contributed by atoms with Gasteiger partial charge in [0.05, 0.1) is 24.8 Å². The first-order valence-electron chi connectivity index (χ1n) is 23.4. The van der Waals surface area contributed by atoms with Gasteiger partial charge in [0.25, 0.3) is 0 Å². The Morgan fingerprint density at radius 2 is 1.62 bits per heavy atom. The molecule has 0 bridgehead atoms. The van der Waals surface area contributed by atoms with Gasteiger partial charge in [0.1, 0.15) is 28.9 Å². The highest BCUT2D eigenvalue weighted by Gasteiger charge is 2.66. The van der Waals surface area contributed by atoms with Crippen LogP contribution in [-0.2, 0) is 20.9 Å². The standard InChI is InChI=1S/C54H64N2O10/c1-6-8-28-60-52(59)56(34-36-19-23-47-48(29-36)62-35-61-47)49-33-45(55-66-53(3,4)5)43-31-39(17-11-13-25-57)42(18-12-14-26-58)50-44-32-41(64-40-21-20-37-15-9-10-16-38(37)30-40)22-24-46(44)65-54(49,51(43)50)63-27-7-2/h6-7,9-10,15-16,19-24,29-32,39,42,49-51,57-58H,1-2,8,11-14,17-18,25-28,33-35H2,3-5H3/t39-,42+,49-,50+,51+,54+/m0/s1. The van der Waals surface area contributed by atoms with Gasteiger partial charge in [-0.15, -0.1) is 13.2 Å². The number of benzene rings is 4. The molecular weight excluding hydrogens is 837 g/mol. The second-order valence-corrected chi connectivity index (χ2v) is 18.6. The molecular formula is C54H64N2O10. The predicted molar refractivity (Wildman–Crippen MR) is 254 cm³/mol. The summed E-state index contributed by atoms with van der Waals surface area (Å²) in [6.45, 7) is 14.5. The number of aliphatic hydroxyl groups is 2. The number of rotatable bonds is 20. The van der Waals surface area contributed by atoms with Gasteiger partial charge >= 0.3 is 6.09 Å². The quantitative estimate of drug-likeness (QED) is 0.0501. The Morgan fingerprint density at radius 1 is 0.879 bits per heavy atom. The largest absolute Gasteiger partial charge is 0.459 e. The Morgan fingerprint density at radius 3 is 2.39 bits per heavy atom. The molecule has 66 heavy (non-hydrogen) atoms. The van der Waals surface area contributed by atoms with Crippen molar-refractivity contribution >= 4 is 22.6 Å². The Hall–Kier alpha value is -5.82. The number of nitrogens with zero attached hydrogens (tertiary/aromatic N) is 2. The second-order valence-electron chi connectivity index (χ2n) is 18.6. The molecule has 1 amide bonds. The molecule has 2 aliphatic heterocycles. The zero-order valence-electron chi connectivity index (χ0n) is 38.5. The van der Waals surface area contributed by atoms with Crippen LogP contribution in [0, 0.1) is 17.8 Å². The fourth-order valence-corrected chi connectivity index (χ4v) is 10.1. The van der Waals surface area contributed by atoms with Crippen LogP contribution in [0.15, 0.2) is 121 Å². The van der Waals surface area contributed by atoms with E-state index < -0.39 is 29.4 Å². The molecule has 8 rings (SSSR count). The summed E-state index contributed by atoms with van der Waals surface area (Å²) in [5.41, 5.74) is 2.75. The van der Waals surface area contributed by atoms with Gasteiger partial charge in [-0.25, -0.2) is 4.79 Å². The average molecular weight is 901 g/mol. The van der Waals surface area contributed by atoms with Crippen molar-refractivity contribution in [1.29, 1.82) is 0 Å². The van der Waals surface area contributed by atoms with Crippen molar-refractivity contribution in [2.45, 2.75) is 102 Å². The first-order valence-corrected chi connectivity index (χ1v) is 23.4. The molecule has 1 saturated carbocycles. The fourth-order valence-electron chi connectivity index (χ4n) is 10.1. The maximum atomic E-state index is 14.8. The summed E-state index contributed by atoms with van der Waals surface area (Å²) in [4.78, 5) is 22.9. The minimum Gasteiger partial charge on any atom is -0.459 e. The van der Waals surface area contributed by atoms with E-state index in [0.717, 1.165) is 53.2 Å². The third-order valence-corrected chi connectivity index (χ3v) is 13.0. The number of allylic oxidation sites excluding steroid dienone is 1. The Balaban J connectivity index is 1.33. The molecule has 12 heteroatoms. The zero-order chi connectivity index (χ0) is 46.3. The first-order chi connectivity index (χ1) is 32.0. The Kier molecular flexibility index (Phi) is 14.7. The summed E-state index contributed by atoms with van der Waals surface area (Å²) in [5, 5.41) is 27.2. The van der Waals surface area contributed by atoms with Gasteiger partial charge in [0, 0.05) is 37.7 Å². The number of fused-ring (bicyclic) bond motifs is 4. The summed E-state index contributed by atoms with van der Waals surface area (Å²) < 4.78 is 38.8. The van der Waals surface area contributed by atoms with Gasteiger partial charge in [-0.1, -0.05) is 72.6 Å². The summed E-state index contributed by atoms with van der Waals surface area (Å²) >= 11 is 0. The Bertz CT molecular complexity index is 2420. The summed E-state index contributed by atoms with van der Waals surface area (Å²) in [5.74, 6) is 1.04. The summed E-state index contributed by atoms with van der Waals surface area (Å²) in [6, 6.07) is 25.1. The van der Waals surface area contributed by atoms with Crippen LogP contribution in [0.25, 0.3) is 10.8 Å². The van der Waals surface area contributed by atoms with E-state index >= 15 is 0 Å². The van der Waals surface area contributed by atoms with E-state index in [9.17, 15) is 15.0 Å².